The third kappa shape index (κ3) is 4.93. The topological polar surface area (TPSA) is 70.6 Å². The molecule has 0 saturated carbocycles. The van der Waals surface area contributed by atoms with Crippen molar-refractivity contribution in [3.05, 3.63) is 90.0 Å². The molecule has 0 aliphatic carbocycles. The first kappa shape index (κ1) is 23.5. The third-order valence-electron chi connectivity index (χ3n) is 6.48. The van der Waals surface area contributed by atoms with Crippen LogP contribution in [0.3, 0.4) is 0 Å². The number of ether oxygens (including phenoxy) is 1. The standard InChI is InChI=1S/C28H28FN5O2/c1-36-25-8-4-13-32-27(25)33-15-17-34(18-16-33)28(35)22-9-10-24(23(29)19-22)30-14-11-21-6-2-5-20-7-3-12-31-26(20)21/h2-10,12-13,19,30H,11,14-18H2,1H3. The maximum Gasteiger partial charge on any atom is 0.254 e. The highest BCUT2D eigenvalue weighted by atomic mass is 19.1. The van der Waals surface area contributed by atoms with E-state index < -0.39 is 5.82 Å². The van der Waals surface area contributed by atoms with E-state index in [4.69, 9.17) is 4.74 Å². The van der Waals surface area contributed by atoms with E-state index in [0.717, 1.165) is 22.3 Å². The van der Waals surface area contributed by atoms with E-state index in [2.05, 4.69) is 20.2 Å². The van der Waals surface area contributed by atoms with Gasteiger partial charge < -0.3 is 19.9 Å². The van der Waals surface area contributed by atoms with Crippen LogP contribution in [0.2, 0.25) is 0 Å². The van der Waals surface area contributed by atoms with Crippen molar-refractivity contribution in [1.82, 2.24) is 14.9 Å². The molecular weight excluding hydrogens is 457 g/mol. The van der Waals surface area contributed by atoms with Crippen molar-refractivity contribution in [2.75, 3.05) is 50.1 Å². The number of fused-ring (bicyclic) bond motifs is 1. The minimum atomic E-state index is -0.436. The van der Waals surface area contributed by atoms with Gasteiger partial charge in [0.15, 0.2) is 11.6 Å². The van der Waals surface area contributed by atoms with Gasteiger partial charge >= 0.3 is 0 Å². The molecule has 0 atom stereocenters. The molecular formula is C28H28FN5O2. The van der Waals surface area contributed by atoms with Crippen LogP contribution in [0, 0.1) is 5.82 Å². The average Bonchev–Trinajstić information content (AvgIpc) is 2.93. The summed E-state index contributed by atoms with van der Waals surface area (Å²) in [5.74, 6) is 0.871. The van der Waals surface area contributed by atoms with E-state index in [-0.39, 0.29) is 5.91 Å². The van der Waals surface area contributed by atoms with Gasteiger partial charge in [-0.05, 0) is 48.4 Å². The SMILES string of the molecule is COc1cccnc1N1CCN(C(=O)c2ccc(NCCc3cccc4cccnc34)c(F)c2)CC1. The molecule has 0 spiro atoms. The lowest BCUT2D eigenvalue weighted by Gasteiger charge is -2.35. The Hall–Kier alpha value is -4.20. The van der Waals surface area contributed by atoms with E-state index in [9.17, 15) is 9.18 Å². The number of hydrogen-bond donors (Lipinski definition) is 1. The van der Waals surface area contributed by atoms with Crippen molar-refractivity contribution in [2.24, 2.45) is 0 Å². The molecule has 36 heavy (non-hydrogen) atoms. The molecule has 1 amide bonds. The second-order valence-corrected chi connectivity index (χ2v) is 8.67. The number of piperazine rings is 1. The van der Waals surface area contributed by atoms with Gasteiger partial charge in [0.1, 0.15) is 5.82 Å². The lowest BCUT2D eigenvalue weighted by molar-refractivity contribution is 0.0746. The minimum Gasteiger partial charge on any atom is -0.493 e. The Morgan fingerprint density at radius 3 is 2.58 bits per heavy atom. The van der Waals surface area contributed by atoms with Gasteiger partial charge in [-0.25, -0.2) is 9.37 Å². The fourth-order valence-corrected chi connectivity index (χ4v) is 4.58. The fourth-order valence-electron chi connectivity index (χ4n) is 4.58. The number of carbonyl (C=O) groups is 1. The third-order valence-corrected chi connectivity index (χ3v) is 6.48. The van der Waals surface area contributed by atoms with E-state index >= 15 is 0 Å². The quantitative estimate of drug-likeness (QED) is 0.419. The van der Waals surface area contributed by atoms with Crippen LogP contribution in [0.5, 0.6) is 5.75 Å². The summed E-state index contributed by atoms with van der Waals surface area (Å²) >= 11 is 0. The number of nitrogens with zero attached hydrogens (tertiary/aromatic N) is 4. The zero-order chi connectivity index (χ0) is 24.9. The largest absolute Gasteiger partial charge is 0.493 e. The van der Waals surface area contributed by atoms with Crippen molar-refractivity contribution >= 4 is 28.3 Å². The first-order chi connectivity index (χ1) is 17.6. The number of rotatable bonds is 7. The van der Waals surface area contributed by atoms with Gasteiger partial charge in [-0.2, -0.15) is 0 Å². The highest BCUT2D eigenvalue weighted by Gasteiger charge is 2.25. The van der Waals surface area contributed by atoms with Crippen LogP contribution in [0.15, 0.2) is 73.1 Å². The number of pyridine rings is 2. The molecule has 4 aromatic rings. The Kier molecular flexibility index (Phi) is 6.93. The molecule has 0 radical (unpaired) electrons. The van der Waals surface area contributed by atoms with E-state index in [1.54, 1.807) is 36.5 Å². The molecule has 5 rings (SSSR count). The number of nitrogens with one attached hydrogen (secondary N) is 1. The van der Waals surface area contributed by atoms with E-state index in [0.29, 0.717) is 56.1 Å². The summed E-state index contributed by atoms with van der Waals surface area (Å²) in [6, 6.07) is 18.4. The van der Waals surface area contributed by atoms with Crippen LogP contribution < -0.4 is 15.0 Å². The number of halogens is 1. The van der Waals surface area contributed by atoms with Gasteiger partial charge in [0.2, 0.25) is 0 Å². The summed E-state index contributed by atoms with van der Waals surface area (Å²) in [6.45, 7) is 2.87. The zero-order valence-corrected chi connectivity index (χ0v) is 20.2. The lowest BCUT2D eigenvalue weighted by atomic mass is 10.1. The molecule has 0 bridgehead atoms. The summed E-state index contributed by atoms with van der Waals surface area (Å²) in [7, 11) is 1.62. The van der Waals surface area contributed by atoms with Gasteiger partial charge in [-0.1, -0.05) is 24.3 Å². The molecule has 184 valence electrons. The molecule has 1 N–H and O–H groups in total. The first-order valence-corrected chi connectivity index (χ1v) is 12.0. The number of benzene rings is 2. The summed E-state index contributed by atoms with van der Waals surface area (Å²) in [4.78, 5) is 25.8. The monoisotopic (exact) mass is 485 g/mol. The van der Waals surface area contributed by atoms with Crippen LogP contribution in [0.4, 0.5) is 15.9 Å². The van der Waals surface area contributed by atoms with Crippen molar-refractivity contribution in [2.45, 2.75) is 6.42 Å². The number of amides is 1. The molecule has 3 heterocycles. The molecule has 8 heteroatoms. The van der Waals surface area contributed by atoms with Gasteiger partial charge in [0.25, 0.3) is 5.91 Å². The highest BCUT2D eigenvalue weighted by Crippen LogP contribution is 2.26. The normalized spacial score (nSPS) is 13.6. The van der Waals surface area contributed by atoms with Gasteiger partial charge in [0, 0.05) is 56.1 Å². The molecule has 0 unspecified atom stereocenters. The number of anilines is 2. The van der Waals surface area contributed by atoms with Crippen LogP contribution in [0.25, 0.3) is 10.9 Å². The number of hydrogen-bond acceptors (Lipinski definition) is 6. The van der Waals surface area contributed by atoms with Gasteiger partial charge in [0.05, 0.1) is 18.3 Å². The Balaban J connectivity index is 1.18. The summed E-state index contributed by atoms with van der Waals surface area (Å²) in [6.07, 6.45) is 4.22. The number of carbonyl (C=O) groups excluding carboxylic acids is 1. The molecule has 1 aliphatic rings. The molecule has 1 saturated heterocycles. The highest BCUT2D eigenvalue weighted by molar-refractivity contribution is 5.94. The van der Waals surface area contributed by atoms with E-state index in [1.165, 1.54) is 6.07 Å². The second kappa shape index (κ2) is 10.6. The molecule has 1 fully saturated rings. The van der Waals surface area contributed by atoms with Crippen molar-refractivity contribution in [3.63, 3.8) is 0 Å². The lowest BCUT2D eigenvalue weighted by Crippen LogP contribution is -2.49. The van der Waals surface area contributed by atoms with Crippen LogP contribution in [-0.4, -0.2) is 60.6 Å². The molecule has 2 aromatic carbocycles. The van der Waals surface area contributed by atoms with Crippen molar-refractivity contribution in [1.29, 1.82) is 0 Å². The van der Waals surface area contributed by atoms with Crippen LogP contribution >= 0.6 is 0 Å². The maximum atomic E-state index is 14.8. The Morgan fingerprint density at radius 2 is 1.78 bits per heavy atom. The minimum absolute atomic E-state index is 0.171. The Bertz CT molecular complexity index is 1370. The number of aromatic nitrogens is 2. The fraction of sp³-hybridized carbons (Fsp3) is 0.250. The van der Waals surface area contributed by atoms with Crippen molar-refractivity contribution in [3.8, 4) is 5.75 Å². The zero-order valence-electron chi connectivity index (χ0n) is 20.2. The van der Waals surface area contributed by atoms with Gasteiger partial charge in [-0.3, -0.25) is 9.78 Å². The number of para-hydroxylation sites is 1. The second-order valence-electron chi connectivity index (χ2n) is 8.67. The summed E-state index contributed by atoms with van der Waals surface area (Å²) in [5, 5.41) is 4.24. The molecule has 7 nitrogen and oxygen atoms in total. The molecule has 1 aliphatic heterocycles. The smallest absolute Gasteiger partial charge is 0.254 e. The Labute approximate surface area is 209 Å². The van der Waals surface area contributed by atoms with E-state index in [1.807, 2.05) is 42.5 Å². The van der Waals surface area contributed by atoms with Crippen molar-refractivity contribution < 1.29 is 13.9 Å². The Morgan fingerprint density at radius 1 is 1.00 bits per heavy atom. The van der Waals surface area contributed by atoms with Crippen LogP contribution in [-0.2, 0) is 6.42 Å². The van der Waals surface area contributed by atoms with Gasteiger partial charge in [-0.15, -0.1) is 0 Å². The molecule has 2 aromatic heterocycles. The summed E-state index contributed by atoms with van der Waals surface area (Å²) < 4.78 is 20.3. The first-order valence-electron chi connectivity index (χ1n) is 12.0. The predicted molar refractivity (Wildman–Crippen MR) is 139 cm³/mol. The predicted octanol–water partition coefficient (Wildman–Crippen LogP) is 4.39. The number of methoxy groups -OCH3 is 1. The van der Waals surface area contributed by atoms with Crippen LogP contribution in [0.1, 0.15) is 15.9 Å². The summed E-state index contributed by atoms with van der Waals surface area (Å²) in [5.41, 5.74) is 2.80. The maximum absolute atomic E-state index is 14.8. The average molecular weight is 486 g/mol.